The van der Waals surface area contributed by atoms with E-state index in [0.717, 1.165) is 16.9 Å². The molecule has 0 radical (unpaired) electrons. The summed E-state index contributed by atoms with van der Waals surface area (Å²) in [5.74, 6) is -0.205. The number of nitrogens with zero attached hydrogens (tertiary/aromatic N) is 3. The maximum absolute atomic E-state index is 13.2. The molecule has 7 nitrogen and oxygen atoms in total. The molecule has 0 atom stereocenters. The number of carbonyl (C=O) groups excluding carboxylic acids is 1. The Morgan fingerprint density at radius 1 is 1.06 bits per heavy atom. The van der Waals surface area contributed by atoms with Crippen molar-refractivity contribution in [1.82, 2.24) is 13.8 Å². The van der Waals surface area contributed by atoms with Crippen molar-refractivity contribution in [2.45, 2.75) is 24.8 Å². The standard InChI is InChI=1S/C21H22ClN3O4S2/c1-14(2)25-18-8-7-15(13-19(18)30-21(25)27)31(28,29)24-11-9-23(10-12-24)20(26)16-5-3-4-6-17(16)22/h3-8,13-14H,9-12H2,1-2H3. The highest BCUT2D eigenvalue weighted by atomic mass is 35.5. The summed E-state index contributed by atoms with van der Waals surface area (Å²) in [6.45, 7) is 4.79. The largest absolute Gasteiger partial charge is 0.336 e. The van der Waals surface area contributed by atoms with Gasteiger partial charge in [-0.2, -0.15) is 4.31 Å². The Balaban J connectivity index is 1.54. The molecule has 4 rings (SSSR count). The minimum Gasteiger partial charge on any atom is -0.336 e. The van der Waals surface area contributed by atoms with Crippen LogP contribution in [0.15, 0.2) is 52.2 Å². The van der Waals surface area contributed by atoms with Gasteiger partial charge in [0.25, 0.3) is 5.91 Å². The van der Waals surface area contributed by atoms with Crippen LogP contribution >= 0.6 is 22.9 Å². The fourth-order valence-corrected chi connectivity index (χ4v) is 6.54. The van der Waals surface area contributed by atoms with Gasteiger partial charge < -0.3 is 4.90 Å². The SMILES string of the molecule is CC(C)n1c(=O)sc2cc(S(=O)(=O)N3CCN(C(=O)c4ccccc4Cl)CC3)ccc21. The molecule has 0 N–H and O–H groups in total. The maximum atomic E-state index is 13.2. The molecule has 1 fully saturated rings. The van der Waals surface area contributed by atoms with Crippen molar-refractivity contribution in [2.24, 2.45) is 0 Å². The fourth-order valence-electron chi connectivity index (χ4n) is 3.75. The van der Waals surface area contributed by atoms with Crippen LogP contribution in [0.5, 0.6) is 0 Å². The fraction of sp³-hybridized carbons (Fsp3) is 0.333. The summed E-state index contributed by atoms with van der Waals surface area (Å²) in [6.07, 6.45) is 0. The lowest BCUT2D eigenvalue weighted by Gasteiger charge is -2.34. The predicted octanol–water partition coefficient (Wildman–Crippen LogP) is 3.44. The van der Waals surface area contributed by atoms with Crippen molar-refractivity contribution in [3.63, 3.8) is 0 Å². The van der Waals surface area contributed by atoms with Crippen LogP contribution in [0, 0.1) is 0 Å². The van der Waals surface area contributed by atoms with E-state index in [-0.39, 0.29) is 47.9 Å². The highest BCUT2D eigenvalue weighted by molar-refractivity contribution is 7.89. The molecule has 2 heterocycles. The molecule has 10 heteroatoms. The van der Waals surface area contributed by atoms with Crippen molar-refractivity contribution in [3.8, 4) is 0 Å². The molecule has 3 aromatic rings. The zero-order valence-corrected chi connectivity index (χ0v) is 19.5. The van der Waals surface area contributed by atoms with Crippen LogP contribution in [0.1, 0.15) is 30.2 Å². The van der Waals surface area contributed by atoms with E-state index in [9.17, 15) is 18.0 Å². The summed E-state index contributed by atoms with van der Waals surface area (Å²) in [5, 5.41) is 0.378. The number of thiazole rings is 1. The zero-order valence-electron chi connectivity index (χ0n) is 17.1. The number of sulfonamides is 1. The van der Waals surface area contributed by atoms with Crippen LogP contribution in [-0.4, -0.2) is 54.3 Å². The third-order valence-electron chi connectivity index (χ3n) is 5.37. The first-order valence-electron chi connectivity index (χ1n) is 9.89. The first-order chi connectivity index (χ1) is 14.7. The lowest BCUT2D eigenvalue weighted by molar-refractivity contribution is 0.0698. The second-order valence-corrected chi connectivity index (χ2v) is 11.0. The lowest BCUT2D eigenvalue weighted by atomic mass is 10.2. The molecule has 1 aromatic heterocycles. The van der Waals surface area contributed by atoms with Gasteiger partial charge in [0.2, 0.25) is 10.0 Å². The van der Waals surface area contributed by atoms with Gasteiger partial charge in [-0.1, -0.05) is 35.1 Å². The smallest absolute Gasteiger partial charge is 0.308 e. The molecule has 0 saturated carbocycles. The average Bonchev–Trinajstić information content (AvgIpc) is 3.08. The van der Waals surface area contributed by atoms with Crippen molar-refractivity contribution in [3.05, 3.63) is 62.7 Å². The summed E-state index contributed by atoms with van der Waals surface area (Å²) < 4.78 is 30.0. The first-order valence-corrected chi connectivity index (χ1v) is 12.5. The number of rotatable bonds is 4. The van der Waals surface area contributed by atoms with Gasteiger partial charge in [0.1, 0.15) is 0 Å². The van der Waals surface area contributed by atoms with E-state index in [2.05, 4.69) is 0 Å². The first kappa shape index (κ1) is 22.0. The molecule has 1 saturated heterocycles. The predicted molar refractivity (Wildman–Crippen MR) is 123 cm³/mol. The number of hydrogen-bond donors (Lipinski definition) is 0. The quantitative estimate of drug-likeness (QED) is 0.574. The number of amides is 1. The van der Waals surface area contributed by atoms with Gasteiger partial charge in [-0.05, 0) is 44.2 Å². The van der Waals surface area contributed by atoms with Crippen molar-refractivity contribution >= 4 is 49.1 Å². The molecule has 31 heavy (non-hydrogen) atoms. The van der Waals surface area contributed by atoms with Crippen LogP contribution in [0.25, 0.3) is 10.2 Å². The van der Waals surface area contributed by atoms with Gasteiger partial charge in [-0.25, -0.2) is 8.42 Å². The van der Waals surface area contributed by atoms with E-state index in [1.54, 1.807) is 51.9 Å². The van der Waals surface area contributed by atoms with Gasteiger partial charge in [-0.15, -0.1) is 0 Å². The Kier molecular flexibility index (Phi) is 5.95. The number of halogens is 1. The normalized spacial score (nSPS) is 15.7. The Hall–Kier alpha value is -2.20. The molecule has 0 bridgehead atoms. The third-order valence-corrected chi connectivity index (χ3v) is 8.51. The maximum Gasteiger partial charge on any atom is 0.308 e. The second kappa shape index (κ2) is 8.38. The number of aromatic nitrogens is 1. The molecule has 2 aromatic carbocycles. The summed E-state index contributed by atoms with van der Waals surface area (Å²) >= 11 is 7.17. The highest BCUT2D eigenvalue weighted by Gasteiger charge is 2.31. The minimum atomic E-state index is -3.73. The van der Waals surface area contributed by atoms with Gasteiger partial charge in [0, 0.05) is 32.2 Å². The number of fused-ring (bicyclic) bond motifs is 1. The molecule has 1 aliphatic heterocycles. The van der Waals surface area contributed by atoms with Crippen LogP contribution in [0.2, 0.25) is 5.02 Å². The number of benzene rings is 2. The summed E-state index contributed by atoms with van der Waals surface area (Å²) in [4.78, 5) is 26.7. The van der Waals surface area contributed by atoms with Gasteiger partial charge in [0.05, 0.1) is 25.7 Å². The van der Waals surface area contributed by atoms with Crippen molar-refractivity contribution in [2.75, 3.05) is 26.2 Å². The van der Waals surface area contributed by atoms with Crippen LogP contribution in [0.3, 0.4) is 0 Å². The van der Waals surface area contributed by atoms with Gasteiger partial charge in [0.15, 0.2) is 0 Å². The zero-order chi connectivity index (χ0) is 22.3. The topological polar surface area (TPSA) is 79.7 Å². The van der Waals surface area contributed by atoms with E-state index < -0.39 is 10.0 Å². The minimum absolute atomic E-state index is 0.00700. The molecular weight excluding hydrogens is 458 g/mol. The molecular formula is C21H22ClN3O4S2. The summed E-state index contributed by atoms with van der Waals surface area (Å²) in [6, 6.07) is 11.6. The van der Waals surface area contributed by atoms with E-state index in [0.29, 0.717) is 15.3 Å². The Morgan fingerprint density at radius 2 is 1.74 bits per heavy atom. The molecule has 1 amide bonds. The molecule has 0 spiro atoms. The molecule has 0 unspecified atom stereocenters. The Labute approximate surface area is 189 Å². The number of hydrogen-bond acceptors (Lipinski definition) is 5. The average molecular weight is 480 g/mol. The lowest BCUT2D eigenvalue weighted by Crippen LogP contribution is -2.50. The van der Waals surface area contributed by atoms with Crippen LogP contribution < -0.4 is 4.87 Å². The number of piperazine rings is 1. The molecule has 164 valence electrons. The Bertz CT molecular complexity index is 1310. The molecule has 0 aliphatic carbocycles. The van der Waals surface area contributed by atoms with Gasteiger partial charge >= 0.3 is 4.87 Å². The van der Waals surface area contributed by atoms with E-state index in [1.807, 2.05) is 13.8 Å². The van der Waals surface area contributed by atoms with Crippen molar-refractivity contribution in [1.29, 1.82) is 0 Å². The van der Waals surface area contributed by atoms with E-state index in [4.69, 9.17) is 11.6 Å². The van der Waals surface area contributed by atoms with E-state index >= 15 is 0 Å². The van der Waals surface area contributed by atoms with Crippen LogP contribution in [0.4, 0.5) is 0 Å². The van der Waals surface area contributed by atoms with E-state index in [1.165, 1.54) is 4.31 Å². The summed E-state index contributed by atoms with van der Waals surface area (Å²) in [5.41, 5.74) is 1.15. The monoisotopic (exact) mass is 479 g/mol. The van der Waals surface area contributed by atoms with Crippen molar-refractivity contribution < 1.29 is 13.2 Å². The molecule has 1 aliphatic rings. The Morgan fingerprint density at radius 3 is 2.39 bits per heavy atom. The third kappa shape index (κ3) is 4.03. The highest BCUT2D eigenvalue weighted by Crippen LogP contribution is 2.26. The summed E-state index contributed by atoms with van der Waals surface area (Å²) in [7, 11) is -3.73. The number of carbonyl (C=O) groups is 1. The second-order valence-electron chi connectivity index (χ2n) is 7.64. The van der Waals surface area contributed by atoms with Gasteiger partial charge in [-0.3, -0.25) is 14.2 Å². The van der Waals surface area contributed by atoms with Crippen LogP contribution in [-0.2, 0) is 10.0 Å².